The van der Waals surface area contributed by atoms with Gasteiger partial charge in [-0.15, -0.1) is 0 Å². The Bertz CT molecular complexity index is 2020. The van der Waals surface area contributed by atoms with E-state index in [-0.39, 0.29) is 11.5 Å². The van der Waals surface area contributed by atoms with E-state index in [9.17, 15) is 19.6 Å². The van der Waals surface area contributed by atoms with Crippen LogP contribution in [0.1, 0.15) is 28.7 Å². The first-order chi connectivity index (χ1) is 27.4. The second-order valence-corrected chi connectivity index (χ2v) is 28.3. The summed E-state index contributed by atoms with van der Waals surface area (Å²) in [5, 5.41) is 30.4. The monoisotopic (exact) mass is 830 g/mol. The number of hydrogen-bond donors (Lipinski definition) is 3. The highest BCUT2D eigenvalue weighted by atomic mass is 28.5. The summed E-state index contributed by atoms with van der Waals surface area (Å²) in [7, 11) is -5.88. The zero-order valence-corrected chi connectivity index (χ0v) is 37.4. The number of amides is 1. The van der Waals surface area contributed by atoms with Gasteiger partial charge in [0.25, 0.3) is 5.91 Å². The first kappa shape index (κ1) is 46.7. The third-order valence-electron chi connectivity index (χ3n) is 8.14. The van der Waals surface area contributed by atoms with Crippen molar-refractivity contribution in [1.29, 1.82) is 5.26 Å². The molecule has 0 fully saturated rings. The molecule has 0 aliphatic heterocycles. The summed E-state index contributed by atoms with van der Waals surface area (Å²) >= 11 is 0. The van der Waals surface area contributed by atoms with Crippen molar-refractivity contribution in [2.45, 2.75) is 58.3 Å². The number of rotatable bonds is 17. The van der Waals surface area contributed by atoms with Gasteiger partial charge in [0.2, 0.25) is 0 Å². The predicted octanol–water partition coefficient (Wildman–Crippen LogP) is 10.1. The molecule has 0 aliphatic carbocycles. The molecule has 1 amide bonds. The number of carbonyl (C=O) groups excluding carboxylic acids is 1. The van der Waals surface area contributed by atoms with Gasteiger partial charge in [-0.3, -0.25) is 4.79 Å². The van der Waals surface area contributed by atoms with E-state index in [1.54, 1.807) is 6.08 Å². The number of allylic oxidation sites excluding steroid dienone is 4. The van der Waals surface area contributed by atoms with Gasteiger partial charge in [0.05, 0.1) is 0 Å². The van der Waals surface area contributed by atoms with Crippen LogP contribution >= 0.6 is 0 Å². The Morgan fingerprint density at radius 2 is 0.931 bits per heavy atom. The molecule has 0 bridgehead atoms. The van der Waals surface area contributed by atoms with Gasteiger partial charge in [0.1, 0.15) is 17.2 Å². The fraction of sp³-hybridized carbons (Fsp3) is 0.217. The van der Waals surface area contributed by atoms with Crippen LogP contribution in [0, 0.1) is 11.3 Å². The van der Waals surface area contributed by atoms with Gasteiger partial charge in [-0.1, -0.05) is 133 Å². The van der Waals surface area contributed by atoms with Gasteiger partial charge >= 0.3 is 20.5 Å². The summed E-state index contributed by atoms with van der Waals surface area (Å²) in [6, 6.07) is 41.5. The largest absolute Gasteiger partial charge is 0.477 e. The Kier molecular flexibility index (Phi) is 18.0. The highest BCUT2D eigenvalue weighted by Gasteiger charge is 2.39. The van der Waals surface area contributed by atoms with Crippen LogP contribution in [0.4, 0.5) is 0 Å². The van der Waals surface area contributed by atoms with Gasteiger partial charge in [-0.05, 0) is 104 Å². The second-order valence-electron chi connectivity index (χ2n) is 15.4. The summed E-state index contributed by atoms with van der Waals surface area (Å²) < 4.78 is 13.1. The van der Waals surface area contributed by atoms with Gasteiger partial charge in [0.15, 0.2) is 16.6 Å². The molecule has 0 aliphatic rings. The van der Waals surface area contributed by atoms with E-state index in [0.29, 0.717) is 6.54 Å². The van der Waals surface area contributed by atoms with Crippen molar-refractivity contribution >= 4 is 54.2 Å². The van der Waals surface area contributed by atoms with Crippen LogP contribution in [-0.4, -0.2) is 59.8 Å². The smallest absolute Gasteiger partial charge is 0.343 e. The topological polar surface area (TPSA) is 146 Å². The fourth-order valence-corrected chi connectivity index (χ4v) is 18.6. The number of nitrogens with zero attached hydrogens (tertiary/aromatic N) is 1. The second kappa shape index (κ2) is 22.3. The Morgan fingerprint density at radius 3 is 1.24 bits per heavy atom. The lowest BCUT2D eigenvalue weighted by Gasteiger charge is -2.38. The van der Waals surface area contributed by atoms with E-state index in [0.717, 1.165) is 51.9 Å². The minimum absolute atomic E-state index is 0.0797. The van der Waals surface area contributed by atoms with E-state index >= 15 is 0 Å². The van der Waals surface area contributed by atoms with Crippen molar-refractivity contribution in [1.82, 2.24) is 5.32 Å². The average molecular weight is 831 g/mol. The number of nitrogens with one attached hydrogen (secondary N) is 1. The van der Waals surface area contributed by atoms with Crippen LogP contribution in [0.3, 0.4) is 0 Å². The molecule has 9 nitrogen and oxygen atoms in total. The molecule has 4 rings (SSSR count). The number of hydrogen-bond acceptors (Lipinski definition) is 6. The molecule has 0 heterocycles. The Hall–Kier alpha value is -5.69. The maximum absolute atomic E-state index is 12.8. The number of nitriles is 1. The molecular weight excluding hydrogens is 777 g/mol. The van der Waals surface area contributed by atoms with Crippen molar-refractivity contribution in [3.8, 4) is 6.07 Å². The lowest BCUT2D eigenvalue weighted by atomic mass is 9.97. The van der Waals surface area contributed by atoms with E-state index in [4.69, 9.17) is 18.4 Å². The van der Waals surface area contributed by atoms with Crippen LogP contribution in [-0.2, 0) is 22.6 Å². The highest BCUT2D eigenvalue weighted by Crippen LogP contribution is 2.27. The van der Waals surface area contributed by atoms with Crippen molar-refractivity contribution in [2.75, 3.05) is 6.54 Å². The molecule has 0 atom stereocenters. The Labute approximate surface area is 346 Å². The van der Waals surface area contributed by atoms with Crippen LogP contribution in [0.25, 0.3) is 11.1 Å². The summed E-state index contributed by atoms with van der Waals surface area (Å²) in [6.07, 6.45) is 6.82. The van der Waals surface area contributed by atoms with Crippen molar-refractivity contribution in [2.24, 2.45) is 0 Å². The highest BCUT2D eigenvalue weighted by molar-refractivity contribution is 6.87. The summed E-state index contributed by atoms with van der Waals surface area (Å²) in [4.78, 5) is 34.7. The number of aliphatic carboxylic acids is 2. The van der Waals surface area contributed by atoms with E-state index in [2.05, 4.69) is 57.2 Å². The fourth-order valence-electron chi connectivity index (χ4n) is 6.05. The third kappa shape index (κ3) is 16.4. The summed E-state index contributed by atoms with van der Waals surface area (Å²) in [6.45, 7) is 15.7. The standard InChI is InChI=1S/C28H40N2O3Si3.C18H14O4/c1-34(2,3)32-36(7,33-35(4,5)6)22-14-21-30-28(31)26(23-29)19-20-27(24-15-10-8-11-16-24)25-17-12-9-13-18-25;19-17(20)16(18(21)22)12-11-15(13-7-3-1-4-8-13)14-9-5-2-6-10-14/h8-13,15-20H,14,21-22H2,1-7H3,(H,30,31);1-12H,(H,19,20)(H,21,22)/b26-19+;. The van der Waals surface area contributed by atoms with Crippen LogP contribution in [0.2, 0.25) is 51.9 Å². The SMILES string of the molecule is C[Si](C)(C)O[Si](C)(CCCNC(=O)/C(C#N)=C/C=C(c1ccccc1)c1ccccc1)O[Si](C)(C)C.O=C(O)C(=CC=C(c1ccccc1)c1ccccc1)C(=O)O. The molecule has 302 valence electrons. The molecule has 12 heteroatoms. The Balaban J connectivity index is 0.000000348. The van der Waals surface area contributed by atoms with Gasteiger partial charge in [0, 0.05) is 6.54 Å². The van der Waals surface area contributed by atoms with E-state index in [1.165, 1.54) is 6.08 Å². The molecule has 0 unspecified atom stereocenters. The maximum atomic E-state index is 12.8. The lowest BCUT2D eigenvalue weighted by molar-refractivity contribution is -0.140. The molecular formula is C46H54N2O7Si3. The van der Waals surface area contributed by atoms with Crippen LogP contribution < -0.4 is 5.32 Å². The average Bonchev–Trinajstić information content (AvgIpc) is 3.16. The minimum Gasteiger partial charge on any atom is -0.477 e. The van der Waals surface area contributed by atoms with Gasteiger partial charge < -0.3 is 23.8 Å². The quantitative estimate of drug-likeness (QED) is 0.0181. The third-order valence-corrected chi connectivity index (χ3v) is 17.8. The summed E-state index contributed by atoms with van der Waals surface area (Å²) in [5.41, 5.74) is 4.89. The number of carboxylic acids is 2. The van der Waals surface area contributed by atoms with E-state index in [1.807, 2.05) is 127 Å². The first-order valence-electron chi connectivity index (χ1n) is 19.0. The molecule has 4 aromatic carbocycles. The van der Waals surface area contributed by atoms with Crippen molar-refractivity contribution in [3.05, 3.63) is 179 Å². The zero-order chi connectivity index (χ0) is 42.8. The normalized spacial score (nSPS) is 11.4. The molecule has 0 saturated carbocycles. The van der Waals surface area contributed by atoms with Crippen LogP contribution in [0.5, 0.6) is 0 Å². The molecule has 58 heavy (non-hydrogen) atoms. The summed E-state index contributed by atoms with van der Waals surface area (Å²) in [5.74, 6) is -3.30. The van der Waals surface area contributed by atoms with Gasteiger partial charge in [-0.2, -0.15) is 5.26 Å². The molecule has 0 spiro atoms. The lowest BCUT2D eigenvalue weighted by Crippen LogP contribution is -2.52. The zero-order valence-electron chi connectivity index (χ0n) is 34.4. The Morgan fingerprint density at radius 1 is 0.586 bits per heavy atom. The first-order valence-corrected chi connectivity index (χ1v) is 28.4. The molecule has 3 N–H and O–H groups in total. The maximum Gasteiger partial charge on any atom is 0.343 e. The number of benzene rings is 4. The predicted molar refractivity (Wildman–Crippen MR) is 240 cm³/mol. The van der Waals surface area contributed by atoms with Gasteiger partial charge in [-0.25, -0.2) is 9.59 Å². The van der Waals surface area contributed by atoms with Crippen molar-refractivity contribution in [3.63, 3.8) is 0 Å². The number of carboxylic acid groups (broad SMARTS) is 2. The molecule has 4 aromatic rings. The molecule has 0 aromatic heterocycles. The number of carbonyl (C=O) groups is 3. The van der Waals surface area contributed by atoms with Crippen molar-refractivity contribution < 1.29 is 32.8 Å². The van der Waals surface area contributed by atoms with E-state index < -0.39 is 42.7 Å². The van der Waals surface area contributed by atoms with Crippen LogP contribution in [0.15, 0.2) is 157 Å². The molecule has 0 saturated heterocycles. The molecule has 0 radical (unpaired) electrons. The minimum atomic E-state index is -2.35.